The molecule has 1 N–H and O–H groups in total. The van der Waals surface area contributed by atoms with Crippen LogP contribution in [-0.2, 0) is 13.6 Å². The standard InChI is InChI=1S/C12H18N6O/c1-13-11-10(19-4)12(15-8-14-11)17(2)6-9-5-16-18(3)7-9/h5,7-8H,6H2,1-4H3,(H,13,14,15). The van der Waals surface area contributed by atoms with Gasteiger partial charge in [0.15, 0.2) is 11.6 Å². The molecule has 2 heterocycles. The zero-order chi connectivity index (χ0) is 13.8. The highest BCUT2D eigenvalue weighted by Gasteiger charge is 2.15. The van der Waals surface area contributed by atoms with Crippen LogP contribution in [0.25, 0.3) is 0 Å². The molecule has 0 unspecified atom stereocenters. The third-order valence-corrected chi connectivity index (χ3v) is 2.77. The maximum Gasteiger partial charge on any atom is 0.204 e. The van der Waals surface area contributed by atoms with E-state index in [1.165, 1.54) is 6.33 Å². The van der Waals surface area contributed by atoms with Crippen molar-refractivity contribution in [2.45, 2.75) is 6.54 Å². The Labute approximate surface area is 112 Å². The summed E-state index contributed by atoms with van der Waals surface area (Å²) in [5.74, 6) is 2.05. The summed E-state index contributed by atoms with van der Waals surface area (Å²) in [7, 11) is 7.27. The lowest BCUT2D eigenvalue weighted by Gasteiger charge is -2.20. The molecule has 2 aromatic rings. The first-order valence-corrected chi connectivity index (χ1v) is 5.91. The van der Waals surface area contributed by atoms with Crippen LogP contribution in [0.15, 0.2) is 18.7 Å². The number of rotatable bonds is 5. The summed E-state index contributed by atoms with van der Waals surface area (Å²) in [4.78, 5) is 10.4. The topological polar surface area (TPSA) is 68.1 Å². The monoisotopic (exact) mass is 262 g/mol. The minimum Gasteiger partial charge on any atom is -0.490 e. The summed E-state index contributed by atoms with van der Waals surface area (Å²) >= 11 is 0. The average molecular weight is 262 g/mol. The summed E-state index contributed by atoms with van der Waals surface area (Å²) in [6.07, 6.45) is 5.33. The second kappa shape index (κ2) is 5.55. The van der Waals surface area contributed by atoms with Crippen LogP contribution < -0.4 is 15.0 Å². The number of anilines is 2. The third-order valence-electron chi connectivity index (χ3n) is 2.77. The van der Waals surface area contributed by atoms with Gasteiger partial charge < -0.3 is 15.0 Å². The van der Waals surface area contributed by atoms with Gasteiger partial charge in [0.1, 0.15) is 6.33 Å². The van der Waals surface area contributed by atoms with Crippen LogP contribution in [0.2, 0.25) is 0 Å². The molecule has 7 nitrogen and oxygen atoms in total. The predicted molar refractivity (Wildman–Crippen MR) is 73.4 cm³/mol. The molecule has 0 aromatic carbocycles. The van der Waals surface area contributed by atoms with E-state index in [4.69, 9.17) is 4.74 Å². The first-order chi connectivity index (χ1) is 9.15. The Balaban J connectivity index is 2.25. The fourth-order valence-corrected chi connectivity index (χ4v) is 1.90. The molecule has 0 saturated carbocycles. The van der Waals surface area contributed by atoms with Crippen LogP contribution in [0, 0.1) is 0 Å². The number of hydrogen-bond acceptors (Lipinski definition) is 6. The van der Waals surface area contributed by atoms with E-state index in [9.17, 15) is 0 Å². The number of nitrogens with zero attached hydrogens (tertiary/aromatic N) is 5. The second-order valence-electron chi connectivity index (χ2n) is 4.21. The molecule has 0 amide bonds. The van der Waals surface area contributed by atoms with Gasteiger partial charge in [-0.05, 0) is 0 Å². The number of aryl methyl sites for hydroxylation is 1. The molecule has 0 spiro atoms. The largest absolute Gasteiger partial charge is 0.490 e. The minimum absolute atomic E-state index is 0.636. The lowest BCUT2D eigenvalue weighted by molar-refractivity contribution is 0.413. The van der Waals surface area contributed by atoms with Gasteiger partial charge in [-0.3, -0.25) is 4.68 Å². The zero-order valence-electron chi connectivity index (χ0n) is 11.6. The highest BCUT2D eigenvalue weighted by Crippen LogP contribution is 2.31. The summed E-state index contributed by atoms with van der Waals surface area (Å²) in [5.41, 5.74) is 1.11. The first-order valence-electron chi connectivity index (χ1n) is 5.91. The molecule has 102 valence electrons. The molecule has 2 aromatic heterocycles. The van der Waals surface area contributed by atoms with Crippen molar-refractivity contribution in [3.63, 3.8) is 0 Å². The molecule has 7 heteroatoms. The van der Waals surface area contributed by atoms with Crippen LogP contribution in [0.1, 0.15) is 5.56 Å². The Morgan fingerprint density at radius 3 is 2.79 bits per heavy atom. The summed E-state index contributed by atoms with van der Waals surface area (Å²) in [6.45, 7) is 0.699. The Hall–Kier alpha value is -2.31. The Kier molecular flexibility index (Phi) is 3.84. The maximum atomic E-state index is 5.38. The lowest BCUT2D eigenvalue weighted by atomic mass is 10.3. The average Bonchev–Trinajstić information content (AvgIpc) is 2.82. The van der Waals surface area contributed by atoms with Crippen molar-refractivity contribution in [2.75, 3.05) is 31.4 Å². The van der Waals surface area contributed by atoms with Crippen molar-refractivity contribution < 1.29 is 4.74 Å². The van der Waals surface area contributed by atoms with Gasteiger partial charge in [-0.2, -0.15) is 5.10 Å². The van der Waals surface area contributed by atoms with Crippen LogP contribution in [0.5, 0.6) is 5.75 Å². The van der Waals surface area contributed by atoms with Gasteiger partial charge in [0.05, 0.1) is 13.3 Å². The molecule has 0 bridgehead atoms. The van der Waals surface area contributed by atoms with Gasteiger partial charge in [-0.25, -0.2) is 9.97 Å². The maximum absolute atomic E-state index is 5.38. The van der Waals surface area contributed by atoms with Crippen molar-refractivity contribution >= 4 is 11.6 Å². The van der Waals surface area contributed by atoms with Crippen LogP contribution in [-0.4, -0.2) is 41.0 Å². The Bertz CT molecular complexity index is 553. The van der Waals surface area contributed by atoms with E-state index in [0.717, 1.165) is 11.4 Å². The summed E-state index contributed by atoms with van der Waals surface area (Å²) in [5, 5.41) is 7.14. The van der Waals surface area contributed by atoms with Crippen molar-refractivity contribution in [3.05, 3.63) is 24.3 Å². The van der Waals surface area contributed by atoms with E-state index < -0.39 is 0 Å². The molecule has 0 aliphatic carbocycles. The predicted octanol–water partition coefficient (Wildman–Crippen LogP) is 0.897. The smallest absolute Gasteiger partial charge is 0.204 e. The SMILES string of the molecule is CNc1ncnc(N(C)Cc2cnn(C)c2)c1OC. The van der Waals surface area contributed by atoms with E-state index in [2.05, 4.69) is 20.4 Å². The number of ether oxygens (including phenoxy) is 1. The highest BCUT2D eigenvalue weighted by atomic mass is 16.5. The van der Waals surface area contributed by atoms with E-state index in [1.54, 1.807) is 18.8 Å². The van der Waals surface area contributed by atoms with Crippen LogP contribution in [0.3, 0.4) is 0 Å². The quantitative estimate of drug-likeness (QED) is 0.863. The van der Waals surface area contributed by atoms with Crippen molar-refractivity contribution in [3.8, 4) is 5.75 Å². The number of aromatic nitrogens is 4. The summed E-state index contributed by atoms with van der Waals surface area (Å²) < 4.78 is 7.16. The van der Waals surface area contributed by atoms with Gasteiger partial charge in [-0.1, -0.05) is 0 Å². The number of nitrogens with one attached hydrogen (secondary N) is 1. The van der Waals surface area contributed by atoms with E-state index in [1.807, 2.05) is 31.4 Å². The summed E-state index contributed by atoms with van der Waals surface area (Å²) in [6, 6.07) is 0. The zero-order valence-corrected chi connectivity index (χ0v) is 11.6. The van der Waals surface area contributed by atoms with Gasteiger partial charge in [-0.15, -0.1) is 0 Å². The fourth-order valence-electron chi connectivity index (χ4n) is 1.90. The van der Waals surface area contributed by atoms with Gasteiger partial charge >= 0.3 is 0 Å². The normalized spacial score (nSPS) is 10.3. The minimum atomic E-state index is 0.636. The number of hydrogen-bond donors (Lipinski definition) is 1. The van der Waals surface area contributed by atoms with Crippen molar-refractivity contribution in [1.82, 2.24) is 19.7 Å². The fraction of sp³-hybridized carbons (Fsp3) is 0.417. The number of methoxy groups -OCH3 is 1. The second-order valence-corrected chi connectivity index (χ2v) is 4.21. The highest BCUT2D eigenvalue weighted by molar-refractivity contribution is 5.64. The molecule has 2 rings (SSSR count). The molecule has 0 fully saturated rings. The van der Waals surface area contributed by atoms with Crippen LogP contribution >= 0.6 is 0 Å². The first kappa shape index (κ1) is 13.1. The molecular formula is C12H18N6O. The van der Waals surface area contributed by atoms with E-state index in [0.29, 0.717) is 18.1 Å². The molecule has 0 radical (unpaired) electrons. The van der Waals surface area contributed by atoms with Crippen molar-refractivity contribution in [1.29, 1.82) is 0 Å². The molecule has 19 heavy (non-hydrogen) atoms. The third kappa shape index (κ3) is 2.75. The Morgan fingerprint density at radius 2 is 2.21 bits per heavy atom. The molecule has 0 saturated heterocycles. The Morgan fingerprint density at radius 1 is 1.42 bits per heavy atom. The molecule has 0 aliphatic rings. The van der Waals surface area contributed by atoms with Crippen LogP contribution in [0.4, 0.5) is 11.6 Å². The van der Waals surface area contributed by atoms with Crippen molar-refractivity contribution in [2.24, 2.45) is 7.05 Å². The van der Waals surface area contributed by atoms with Gasteiger partial charge in [0, 0.05) is 39.4 Å². The lowest BCUT2D eigenvalue weighted by Crippen LogP contribution is -2.19. The van der Waals surface area contributed by atoms with E-state index in [-0.39, 0.29) is 0 Å². The molecule has 0 atom stereocenters. The van der Waals surface area contributed by atoms with Gasteiger partial charge in [0.25, 0.3) is 0 Å². The van der Waals surface area contributed by atoms with Gasteiger partial charge in [0.2, 0.25) is 5.75 Å². The molecular weight excluding hydrogens is 244 g/mol. The van der Waals surface area contributed by atoms with E-state index >= 15 is 0 Å². The molecule has 0 aliphatic heterocycles.